The molecular weight excluding hydrogens is 536 g/mol. The van der Waals surface area contributed by atoms with Crippen molar-refractivity contribution in [2.75, 3.05) is 25.0 Å². The van der Waals surface area contributed by atoms with Gasteiger partial charge in [-0.25, -0.2) is 13.4 Å². The maximum absolute atomic E-state index is 13.5. The summed E-state index contributed by atoms with van der Waals surface area (Å²) in [6.07, 6.45) is 1.26. The summed E-state index contributed by atoms with van der Waals surface area (Å²) in [5.41, 5.74) is 0.824. The van der Waals surface area contributed by atoms with E-state index in [-0.39, 0.29) is 58.2 Å². The van der Waals surface area contributed by atoms with Gasteiger partial charge in [-0.3, -0.25) is 4.72 Å². The van der Waals surface area contributed by atoms with Crippen LogP contribution in [0.15, 0.2) is 77.8 Å². The number of methoxy groups -OCH3 is 1. The molecule has 0 bridgehead atoms. The van der Waals surface area contributed by atoms with E-state index >= 15 is 0 Å². The van der Waals surface area contributed by atoms with Crippen LogP contribution < -0.4 is 23.7 Å². The largest absolute Gasteiger partial charge is 0.618 e. The minimum absolute atomic E-state index is 0.0136. The van der Waals surface area contributed by atoms with Gasteiger partial charge in [-0.05, 0) is 41.3 Å². The average Bonchev–Trinajstić information content (AvgIpc) is 2.93. The number of aliphatic hydroxyl groups is 1. The average molecular weight is 567 g/mol. The van der Waals surface area contributed by atoms with Gasteiger partial charge in [-0.2, -0.15) is 9.71 Å². The van der Waals surface area contributed by atoms with Crippen molar-refractivity contribution in [3.8, 4) is 34.6 Å². The highest BCUT2D eigenvalue weighted by Crippen LogP contribution is 2.41. The van der Waals surface area contributed by atoms with Crippen LogP contribution in [0, 0.1) is 5.21 Å². The molecule has 2 N–H and O–H groups in total. The highest BCUT2D eigenvalue weighted by Gasteiger charge is 2.27. The molecule has 0 fully saturated rings. The zero-order valence-electron chi connectivity index (χ0n) is 22.5. The number of nitrogens with one attached hydrogen (secondary N) is 1. The minimum Gasteiger partial charge on any atom is -0.618 e. The Bertz CT molecular complexity index is 1590. The molecule has 0 unspecified atom stereocenters. The van der Waals surface area contributed by atoms with Crippen LogP contribution in [-0.2, 0) is 15.4 Å². The number of hydrogen-bond donors (Lipinski definition) is 2. The highest BCUT2D eigenvalue weighted by atomic mass is 32.2. The van der Waals surface area contributed by atoms with E-state index in [4.69, 9.17) is 14.2 Å². The molecule has 0 radical (unpaired) electrons. The summed E-state index contributed by atoms with van der Waals surface area (Å²) in [7, 11) is -2.74. The molecule has 0 atom stereocenters. The lowest BCUT2D eigenvalue weighted by Crippen LogP contribution is -2.29. The van der Waals surface area contributed by atoms with E-state index in [9.17, 15) is 18.7 Å². The van der Waals surface area contributed by atoms with Gasteiger partial charge in [0.25, 0.3) is 21.6 Å². The van der Waals surface area contributed by atoms with Gasteiger partial charge in [-0.1, -0.05) is 45.0 Å². The first-order chi connectivity index (χ1) is 19.0. The van der Waals surface area contributed by atoms with Gasteiger partial charge in [0, 0.05) is 12.1 Å². The molecule has 0 amide bonds. The van der Waals surface area contributed by atoms with Gasteiger partial charge < -0.3 is 24.5 Å². The van der Waals surface area contributed by atoms with Gasteiger partial charge >= 0.3 is 0 Å². The van der Waals surface area contributed by atoms with Crippen molar-refractivity contribution >= 4 is 15.8 Å². The molecule has 12 heteroatoms. The first-order valence-electron chi connectivity index (χ1n) is 12.3. The number of aromatic nitrogens is 3. The van der Waals surface area contributed by atoms with Crippen LogP contribution in [-0.4, -0.2) is 43.8 Å². The molecule has 2 aromatic carbocycles. The van der Waals surface area contributed by atoms with Crippen LogP contribution in [0.3, 0.4) is 0 Å². The third-order valence-electron chi connectivity index (χ3n) is 5.76. The lowest BCUT2D eigenvalue weighted by molar-refractivity contribution is -0.594. The molecule has 11 nitrogen and oxygen atoms in total. The third-order valence-corrected chi connectivity index (χ3v) is 7.12. The van der Waals surface area contributed by atoms with Crippen molar-refractivity contribution in [2.45, 2.75) is 31.1 Å². The Morgan fingerprint density at radius 1 is 0.975 bits per heavy atom. The molecule has 0 spiro atoms. The third kappa shape index (κ3) is 6.41. The smallest absolute Gasteiger partial charge is 0.264 e. The molecule has 2 aromatic heterocycles. The summed E-state index contributed by atoms with van der Waals surface area (Å²) < 4.78 is 47.1. The molecule has 210 valence electrons. The van der Waals surface area contributed by atoms with Crippen molar-refractivity contribution < 1.29 is 32.5 Å². The van der Waals surface area contributed by atoms with E-state index in [2.05, 4.69) is 14.7 Å². The van der Waals surface area contributed by atoms with E-state index in [1.54, 1.807) is 42.5 Å². The number of aliphatic hydroxyl groups excluding tert-OH is 1. The van der Waals surface area contributed by atoms with E-state index in [1.807, 2.05) is 20.8 Å². The Kier molecular flexibility index (Phi) is 8.40. The first-order valence-corrected chi connectivity index (χ1v) is 13.8. The Morgan fingerprint density at radius 3 is 2.27 bits per heavy atom. The van der Waals surface area contributed by atoms with Crippen LogP contribution in [0.1, 0.15) is 26.3 Å². The van der Waals surface area contributed by atoms with Crippen molar-refractivity contribution in [3.63, 3.8) is 0 Å². The fourth-order valence-electron chi connectivity index (χ4n) is 3.68. The maximum atomic E-state index is 13.5. The van der Waals surface area contributed by atoms with Crippen LogP contribution >= 0.6 is 0 Å². The molecule has 40 heavy (non-hydrogen) atoms. The Balaban J connectivity index is 1.88. The lowest BCUT2D eigenvalue weighted by atomic mass is 9.87. The number of nitrogens with zero attached hydrogens (tertiary/aromatic N) is 3. The van der Waals surface area contributed by atoms with Crippen molar-refractivity contribution in [1.29, 1.82) is 0 Å². The monoisotopic (exact) mass is 566 g/mol. The number of pyridine rings is 1. The quantitative estimate of drug-likeness (QED) is 0.214. The SMILES string of the molecule is COc1ccccc1Oc1c(NS(=O)(=O)c2ccc(C(C)(C)C)cc2)nc(-c2cccc[n+]2[O-])nc1OCCO. The van der Waals surface area contributed by atoms with Gasteiger partial charge in [-0.15, -0.1) is 0 Å². The second-order valence-electron chi connectivity index (χ2n) is 9.65. The molecular formula is C28H30N4O7S. The first kappa shape index (κ1) is 28.6. The summed E-state index contributed by atoms with van der Waals surface area (Å²) in [5.74, 6) is -0.223. The van der Waals surface area contributed by atoms with E-state index < -0.39 is 10.0 Å². The van der Waals surface area contributed by atoms with Gasteiger partial charge in [0.1, 0.15) is 6.61 Å². The Labute approximate surface area is 232 Å². The molecule has 0 saturated heterocycles. The maximum Gasteiger partial charge on any atom is 0.264 e. The minimum atomic E-state index is -4.19. The predicted molar refractivity (Wildman–Crippen MR) is 148 cm³/mol. The van der Waals surface area contributed by atoms with E-state index in [0.717, 1.165) is 5.56 Å². The molecule has 0 aliphatic rings. The van der Waals surface area contributed by atoms with E-state index in [1.165, 1.54) is 37.6 Å². The number of rotatable bonds is 10. The topological polar surface area (TPSA) is 147 Å². The van der Waals surface area contributed by atoms with Gasteiger partial charge in [0.15, 0.2) is 23.5 Å². The zero-order valence-corrected chi connectivity index (χ0v) is 23.3. The molecule has 2 heterocycles. The van der Waals surface area contributed by atoms with Crippen LogP contribution in [0.2, 0.25) is 0 Å². The fraction of sp³-hybridized carbons (Fsp3) is 0.250. The molecule has 0 saturated carbocycles. The molecule has 4 aromatic rings. The molecule has 4 rings (SSSR count). The summed E-state index contributed by atoms with van der Waals surface area (Å²) in [6, 6.07) is 17.8. The van der Waals surface area contributed by atoms with Gasteiger partial charge in [0.2, 0.25) is 11.6 Å². The lowest BCUT2D eigenvalue weighted by Gasteiger charge is -2.20. The predicted octanol–water partition coefficient (Wildman–Crippen LogP) is 4.05. The number of benzene rings is 2. The second-order valence-corrected chi connectivity index (χ2v) is 11.3. The summed E-state index contributed by atoms with van der Waals surface area (Å²) in [6.45, 7) is 5.53. The normalized spacial score (nSPS) is 11.6. The Morgan fingerprint density at radius 2 is 1.65 bits per heavy atom. The van der Waals surface area contributed by atoms with Crippen molar-refractivity contribution in [2.24, 2.45) is 0 Å². The van der Waals surface area contributed by atoms with Crippen LogP contribution in [0.25, 0.3) is 11.5 Å². The molecule has 0 aliphatic carbocycles. The second kappa shape index (κ2) is 11.8. The van der Waals surface area contributed by atoms with Crippen molar-refractivity contribution in [1.82, 2.24) is 9.97 Å². The summed E-state index contributed by atoms with van der Waals surface area (Å²) in [5, 5.41) is 21.9. The number of para-hydroxylation sites is 2. The van der Waals surface area contributed by atoms with E-state index in [0.29, 0.717) is 10.5 Å². The number of anilines is 1. The van der Waals surface area contributed by atoms with Gasteiger partial charge in [0.05, 0.1) is 18.6 Å². The highest BCUT2D eigenvalue weighted by molar-refractivity contribution is 7.92. The number of hydrogen-bond acceptors (Lipinski definition) is 9. The number of ether oxygens (including phenoxy) is 3. The Hall–Kier alpha value is -4.42. The fourth-order valence-corrected chi connectivity index (χ4v) is 4.69. The summed E-state index contributed by atoms with van der Waals surface area (Å²) >= 11 is 0. The standard InChI is InChI=1S/C28H30N4O7S/c1-28(2,3)19-12-14-20(15-13-19)40(35,36)31-26-24(39-23-11-6-5-10-22(23)37-4)27(38-18-17-33)30-25(29-26)21-9-7-8-16-32(21)34/h5-16,33H,17-18H2,1-4H3,(H,29,30,31). The van der Waals surface area contributed by atoms with Crippen molar-refractivity contribution in [3.05, 3.63) is 83.7 Å². The molecule has 0 aliphatic heterocycles. The number of sulfonamides is 1. The van der Waals surface area contributed by atoms with Crippen LogP contribution in [0.4, 0.5) is 5.82 Å². The zero-order chi connectivity index (χ0) is 28.9. The summed E-state index contributed by atoms with van der Waals surface area (Å²) in [4.78, 5) is 8.68. The van der Waals surface area contributed by atoms with Crippen LogP contribution in [0.5, 0.6) is 23.1 Å².